The first-order valence-electron chi connectivity index (χ1n) is 17.5. The van der Waals surface area contributed by atoms with E-state index in [1.807, 2.05) is 0 Å². The molecule has 2 atom stereocenters. The Morgan fingerprint density at radius 3 is 1.17 bits per heavy atom. The summed E-state index contributed by atoms with van der Waals surface area (Å²) in [4.78, 5) is 0. The van der Waals surface area contributed by atoms with Crippen molar-refractivity contribution in [2.24, 2.45) is 0 Å². The minimum atomic E-state index is -5.04. The van der Waals surface area contributed by atoms with Crippen molar-refractivity contribution >= 4 is 92.8 Å². The van der Waals surface area contributed by atoms with Crippen molar-refractivity contribution in [2.75, 3.05) is 0 Å². The molecule has 0 aliphatic heterocycles. The third-order valence-electron chi connectivity index (χ3n) is 11.0. The Kier molecular flexibility index (Phi) is 9.80. The Bertz CT molecular complexity index is 1790. The topological polar surface area (TPSA) is 0 Å². The molecule has 0 heterocycles. The van der Waals surface area contributed by atoms with E-state index >= 15 is 0 Å². The molecule has 3 aromatic carbocycles. The van der Waals surface area contributed by atoms with Gasteiger partial charge in [-0.15, -0.1) is 0 Å². The summed E-state index contributed by atoms with van der Waals surface area (Å²) in [6.45, 7) is 37.3. The molecule has 0 saturated heterocycles. The van der Waals surface area contributed by atoms with E-state index in [-0.39, 0.29) is 7.25 Å². The van der Waals surface area contributed by atoms with Gasteiger partial charge in [-0.2, -0.15) is 0 Å². The number of halogens is 2. The molecular formula is C39H58Cl2Si5Zr. The maximum atomic E-state index is 8.91. The molecule has 0 bridgehead atoms. The SMILES string of the molecule is CC1=Cc2cc([Si](C)(C)C)c([Si](C)(C)C)cc2[CH]1[Zr]([Cl])([Cl])([CH]1C(C)=Cc2cc([Si](C)(C)C)c([Si](C)(C)C)cc21)=[Si](C)c1ccccc1. The fourth-order valence-corrected chi connectivity index (χ4v) is 57.4. The molecule has 47 heavy (non-hydrogen) atoms. The van der Waals surface area contributed by atoms with Gasteiger partial charge in [-0.05, 0) is 0 Å². The standard InChI is InChI=1S/2C16H25Si2.C7H8Si.2ClH.Zr/c2*1-12-8-13-10-15(17(2,3)4)16(18(5,6)7)11-14(13)9-12;1-8-7-5-3-2-4-6-7;;;/h2*8-11H,1-7H3;2-6H,1H3;2*1H;/q;;;;;+2/p-2. The summed E-state index contributed by atoms with van der Waals surface area (Å²) in [5.74, 6) is 0. The van der Waals surface area contributed by atoms with Gasteiger partial charge < -0.3 is 0 Å². The van der Waals surface area contributed by atoms with E-state index in [0.29, 0.717) is 0 Å². The summed E-state index contributed by atoms with van der Waals surface area (Å²) < 4.78 is 0.178. The Morgan fingerprint density at radius 1 is 0.532 bits per heavy atom. The molecular weight excluding hydrogens is 771 g/mol. The minimum absolute atomic E-state index is 0.0888. The van der Waals surface area contributed by atoms with Gasteiger partial charge in [0.2, 0.25) is 0 Å². The van der Waals surface area contributed by atoms with Crippen molar-refractivity contribution in [1.29, 1.82) is 0 Å². The summed E-state index contributed by atoms with van der Waals surface area (Å²) in [6.07, 6.45) is 4.96. The van der Waals surface area contributed by atoms with E-state index < -0.39 is 52.7 Å². The zero-order valence-corrected chi connectivity index (χ0v) is 40.7. The second-order valence-electron chi connectivity index (χ2n) is 18.8. The molecule has 2 unspecified atom stereocenters. The van der Waals surface area contributed by atoms with Gasteiger partial charge >= 0.3 is 302 Å². The third kappa shape index (κ3) is 6.52. The summed E-state index contributed by atoms with van der Waals surface area (Å²) in [5.41, 5.74) is 7.01. The van der Waals surface area contributed by atoms with Gasteiger partial charge in [0.05, 0.1) is 0 Å². The number of fused-ring (bicyclic) bond motifs is 2. The monoisotopic (exact) mass is 826 g/mol. The van der Waals surface area contributed by atoms with Gasteiger partial charge in [-0.25, -0.2) is 0 Å². The molecule has 2 aliphatic carbocycles. The predicted molar refractivity (Wildman–Crippen MR) is 227 cm³/mol. The Labute approximate surface area is 299 Å². The Morgan fingerprint density at radius 2 is 0.851 bits per heavy atom. The number of allylic oxidation sites excluding steroid dienone is 2. The predicted octanol–water partition coefficient (Wildman–Crippen LogP) is 10.0. The van der Waals surface area contributed by atoms with Crippen LogP contribution in [0, 0.1) is 0 Å². The molecule has 0 fully saturated rings. The summed E-state index contributed by atoms with van der Waals surface area (Å²) in [5, 5.41) is 7.89. The van der Waals surface area contributed by atoms with Crippen LogP contribution in [0.15, 0.2) is 65.7 Å². The first-order chi connectivity index (χ1) is 21.3. The fraction of sp³-hybridized carbons (Fsp3) is 0.436. The van der Waals surface area contributed by atoms with Crippen LogP contribution in [0.2, 0.25) is 85.1 Å². The van der Waals surface area contributed by atoms with E-state index in [0.717, 1.165) is 0 Å². The summed E-state index contributed by atoms with van der Waals surface area (Å²) >= 11 is -5.04. The zero-order valence-electron chi connectivity index (χ0n) is 31.8. The van der Waals surface area contributed by atoms with Crippen LogP contribution in [-0.2, 0) is 15.0 Å². The molecule has 0 radical (unpaired) electrons. The van der Waals surface area contributed by atoms with Crippen LogP contribution in [0.4, 0.5) is 0 Å². The zero-order chi connectivity index (χ0) is 35.3. The van der Waals surface area contributed by atoms with E-state index in [1.165, 1.54) is 38.6 Å². The van der Waals surface area contributed by atoms with E-state index in [1.54, 1.807) is 20.7 Å². The first kappa shape index (κ1) is 37.9. The quantitative estimate of drug-likeness (QED) is 0.208. The molecule has 8 heteroatoms. The molecule has 0 nitrogen and oxygen atoms in total. The molecule has 3 aromatic rings. The second kappa shape index (κ2) is 12.1. The number of hydrogen-bond donors (Lipinski definition) is 0. The van der Waals surface area contributed by atoms with Crippen LogP contribution in [0.25, 0.3) is 12.2 Å². The normalized spacial score (nSPS) is 18.9. The van der Waals surface area contributed by atoms with Crippen molar-refractivity contribution < 1.29 is 15.0 Å². The van der Waals surface area contributed by atoms with Crippen molar-refractivity contribution in [3.63, 3.8) is 0 Å². The molecule has 0 aromatic heterocycles. The van der Waals surface area contributed by atoms with Crippen molar-refractivity contribution in [3.05, 3.63) is 88.0 Å². The second-order valence-corrected chi connectivity index (χ2v) is 75.8. The van der Waals surface area contributed by atoms with Crippen LogP contribution in [0.5, 0.6) is 0 Å². The molecule has 2 aliphatic rings. The molecule has 0 saturated carbocycles. The summed E-state index contributed by atoms with van der Waals surface area (Å²) in [7, 11) is 11.3. The van der Waals surface area contributed by atoms with Crippen molar-refractivity contribution in [3.8, 4) is 0 Å². The van der Waals surface area contributed by atoms with E-state index in [4.69, 9.17) is 17.0 Å². The van der Waals surface area contributed by atoms with Crippen LogP contribution in [0.1, 0.15) is 43.4 Å². The van der Waals surface area contributed by atoms with Crippen LogP contribution >= 0.6 is 17.0 Å². The Balaban J connectivity index is 1.94. The average molecular weight is 829 g/mol. The van der Waals surface area contributed by atoms with Gasteiger partial charge in [0.1, 0.15) is 0 Å². The van der Waals surface area contributed by atoms with Gasteiger partial charge in [0.15, 0.2) is 0 Å². The van der Waals surface area contributed by atoms with Gasteiger partial charge in [0.25, 0.3) is 0 Å². The molecule has 5 rings (SSSR count). The number of rotatable bonds is 7. The van der Waals surface area contributed by atoms with Crippen molar-refractivity contribution in [1.82, 2.24) is 0 Å². The molecule has 252 valence electrons. The number of benzene rings is 3. The van der Waals surface area contributed by atoms with Crippen LogP contribution < -0.4 is 25.9 Å². The summed E-state index contributed by atoms with van der Waals surface area (Å²) in [6, 6.07) is 21.6. The van der Waals surface area contributed by atoms with E-state index in [2.05, 4.69) is 166 Å². The first-order valence-corrected chi connectivity index (χ1v) is 46.3. The van der Waals surface area contributed by atoms with Gasteiger partial charge in [0, 0.05) is 0 Å². The van der Waals surface area contributed by atoms with Gasteiger partial charge in [-0.3, -0.25) is 0 Å². The Hall–Kier alpha value is -0.312. The number of hydrogen-bond acceptors (Lipinski definition) is 0. The molecule has 0 spiro atoms. The average Bonchev–Trinajstić information content (AvgIpc) is 3.45. The third-order valence-corrected chi connectivity index (χ3v) is 62.5. The van der Waals surface area contributed by atoms with E-state index in [9.17, 15) is 0 Å². The van der Waals surface area contributed by atoms with Crippen molar-refractivity contribution in [2.45, 2.75) is 106 Å². The molecule has 0 N–H and O–H groups in total. The fourth-order valence-electron chi connectivity index (χ4n) is 8.61. The molecule has 0 amide bonds. The maximum absolute atomic E-state index is 8.91. The van der Waals surface area contributed by atoms with Crippen LogP contribution in [0.3, 0.4) is 0 Å². The van der Waals surface area contributed by atoms with Gasteiger partial charge in [-0.1, -0.05) is 0 Å². The van der Waals surface area contributed by atoms with Crippen LogP contribution in [-0.4, -0.2) is 37.7 Å².